The van der Waals surface area contributed by atoms with Gasteiger partial charge in [-0.25, -0.2) is 4.79 Å². The summed E-state index contributed by atoms with van der Waals surface area (Å²) in [4.78, 5) is 20.0. The number of ether oxygens (including phenoxy) is 2. The fourth-order valence-corrected chi connectivity index (χ4v) is 2.63. The van der Waals surface area contributed by atoms with Gasteiger partial charge < -0.3 is 24.6 Å². The van der Waals surface area contributed by atoms with Gasteiger partial charge >= 0.3 is 6.09 Å². The van der Waals surface area contributed by atoms with Gasteiger partial charge in [0.15, 0.2) is 5.96 Å². The van der Waals surface area contributed by atoms with Crippen LogP contribution in [-0.4, -0.2) is 74.8 Å². The first-order valence-electron chi connectivity index (χ1n) is 8.79. The Kier molecular flexibility index (Phi) is 7.88. The third-order valence-electron chi connectivity index (χ3n) is 3.93. The number of hydrogen-bond donors (Lipinski definition) is 1. The molecule has 0 saturated carbocycles. The van der Waals surface area contributed by atoms with Crippen molar-refractivity contribution in [2.24, 2.45) is 4.99 Å². The Morgan fingerprint density at radius 2 is 1.84 bits per heavy atom. The van der Waals surface area contributed by atoms with E-state index in [1.165, 1.54) is 0 Å². The van der Waals surface area contributed by atoms with Crippen LogP contribution >= 0.6 is 0 Å². The number of rotatable bonds is 6. The highest BCUT2D eigenvalue weighted by molar-refractivity contribution is 5.80. The second-order valence-electron chi connectivity index (χ2n) is 5.66. The van der Waals surface area contributed by atoms with E-state index in [-0.39, 0.29) is 6.09 Å². The van der Waals surface area contributed by atoms with Gasteiger partial charge in [-0.2, -0.15) is 0 Å². The van der Waals surface area contributed by atoms with Crippen molar-refractivity contribution in [1.82, 2.24) is 15.1 Å². The zero-order chi connectivity index (χ0) is 17.9. The molecule has 25 heavy (non-hydrogen) atoms. The van der Waals surface area contributed by atoms with Crippen LogP contribution in [0.5, 0.6) is 5.75 Å². The van der Waals surface area contributed by atoms with E-state index in [1.807, 2.05) is 37.3 Å². The van der Waals surface area contributed by atoms with Crippen LogP contribution < -0.4 is 10.1 Å². The van der Waals surface area contributed by atoms with Gasteiger partial charge in [-0.3, -0.25) is 4.99 Å². The van der Waals surface area contributed by atoms with Gasteiger partial charge in [-0.1, -0.05) is 18.2 Å². The number of carbonyl (C=O) groups is 1. The molecule has 1 aliphatic heterocycles. The lowest BCUT2D eigenvalue weighted by molar-refractivity contribution is 0.0914. The summed E-state index contributed by atoms with van der Waals surface area (Å²) in [6.45, 7) is 6.47. The summed E-state index contributed by atoms with van der Waals surface area (Å²) in [5.41, 5.74) is 0. The molecule has 1 saturated heterocycles. The number of para-hydroxylation sites is 1. The van der Waals surface area contributed by atoms with Crippen LogP contribution in [0.4, 0.5) is 4.79 Å². The number of nitrogens with zero attached hydrogens (tertiary/aromatic N) is 3. The maximum absolute atomic E-state index is 11.7. The molecule has 0 aromatic heterocycles. The first kappa shape index (κ1) is 18.9. The number of hydrogen-bond acceptors (Lipinski definition) is 4. The topological polar surface area (TPSA) is 66.4 Å². The molecule has 1 aromatic rings. The van der Waals surface area contributed by atoms with E-state index in [4.69, 9.17) is 9.47 Å². The van der Waals surface area contributed by atoms with Gasteiger partial charge in [0.2, 0.25) is 0 Å². The molecular formula is C18H28N4O3. The standard InChI is InChI=1S/C18H28N4O3/c1-3-24-18(23)22-13-11-21(12-14-22)17(19-2)20-10-7-15-25-16-8-5-4-6-9-16/h4-6,8-9H,3,7,10-15H2,1-2H3,(H,19,20). The second-order valence-corrected chi connectivity index (χ2v) is 5.66. The number of amides is 1. The van der Waals surface area contributed by atoms with Crippen LogP contribution in [0.2, 0.25) is 0 Å². The number of aliphatic imine (C=N–C) groups is 1. The fraction of sp³-hybridized carbons (Fsp3) is 0.556. The van der Waals surface area contributed by atoms with E-state index < -0.39 is 0 Å². The lowest BCUT2D eigenvalue weighted by Gasteiger charge is -2.35. The summed E-state index contributed by atoms with van der Waals surface area (Å²) < 4.78 is 10.7. The highest BCUT2D eigenvalue weighted by Gasteiger charge is 2.23. The van der Waals surface area contributed by atoms with E-state index >= 15 is 0 Å². The van der Waals surface area contributed by atoms with Crippen LogP contribution in [0.1, 0.15) is 13.3 Å². The summed E-state index contributed by atoms with van der Waals surface area (Å²) in [6, 6.07) is 9.81. The predicted octanol–water partition coefficient (Wildman–Crippen LogP) is 1.80. The first-order chi connectivity index (χ1) is 12.2. The molecule has 1 amide bonds. The van der Waals surface area contributed by atoms with Gasteiger partial charge in [0, 0.05) is 39.8 Å². The quantitative estimate of drug-likeness (QED) is 0.482. The summed E-state index contributed by atoms with van der Waals surface area (Å²) >= 11 is 0. The molecule has 1 heterocycles. The molecule has 0 spiro atoms. The summed E-state index contributed by atoms with van der Waals surface area (Å²) in [7, 11) is 1.78. The second kappa shape index (κ2) is 10.4. The molecule has 138 valence electrons. The molecule has 1 fully saturated rings. The van der Waals surface area contributed by atoms with Crippen LogP contribution in [0, 0.1) is 0 Å². The number of piperazine rings is 1. The Morgan fingerprint density at radius 3 is 2.48 bits per heavy atom. The van der Waals surface area contributed by atoms with Crippen LogP contribution in [0.15, 0.2) is 35.3 Å². The van der Waals surface area contributed by atoms with E-state index in [0.717, 1.165) is 37.8 Å². The smallest absolute Gasteiger partial charge is 0.409 e. The van der Waals surface area contributed by atoms with Crippen molar-refractivity contribution >= 4 is 12.1 Å². The van der Waals surface area contributed by atoms with Crippen molar-refractivity contribution in [1.29, 1.82) is 0 Å². The lowest BCUT2D eigenvalue weighted by Crippen LogP contribution is -2.54. The highest BCUT2D eigenvalue weighted by atomic mass is 16.6. The van der Waals surface area contributed by atoms with E-state index in [9.17, 15) is 4.79 Å². The Balaban J connectivity index is 1.65. The molecular weight excluding hydrogens is 320 g/mol. The van der Waals surface area contributed by atoms with Crippen molar-refractivity contribution in [3.63, 3.8) is 0 Å². The Hall–Kier alpha value is -2.44. The molecule has 0 unspecified atom stereocenters. The minimum atomic E-state index is -0.233. The van der Waals surface area contributed by atoms with Gasteiger partial charge in [0.1, 0.15) is 5.75 Å². The molecule has 7 heteroatoms. The summed E-state index contributed by atoms with van der Waals surface area (Å²) in [5, 5.41) is 3.36. The third kappa shape index (κ3) is 6.17. The molecule has 1 aromatic carbocycles. The Bertz CT molecular complexity index is 543. The van der Waals surface area contributed by atoms with Crippen molar-refractivity contribution in [3.8, 4) is 5.75 Å². The van der Waals surface area contributed by atoms with Crippen molar-refractivity contribution in [2.45, 2.75) is 13.3 Å². The SMILES string of the molecule is CCOC(=O)N1CCN(C(=NC)NCCCOc2ccccc2)CC1. The highest BCUT2D eigenvalue weighted by Crippen LogP contribution is 2.08. The first-order valence-corrected chi connectivity index (χ1v) is 8.79. The average molecular weight is 348 g/mol. The zero-order valence-electron chi connectivity index (χ0n) is 15.1. The van der Waals surface area contributed by atoms with Gasteiger partial charge in [0.05, 0.1) is 13.2 Å². The van der Waals surface area contributed by atoms with Crippen LogP contribution in [-0.2, 0) is 4.74 Å². The zero-order valence-corrected chi connectivity index (χ0v) is 15.1. The number of carbonyl (C=O) groups excluding carboxylic acids is 1. The molecule has 2 rings (SSSR count). The van der Waals surface area contributed by atoms with E-state index in [0.29, 0.717) is 26.3 Å². The normalized spacial score (nSPS) is 15.0. The number of guanidine groups is 1. The maximum atomic E-state index is 11.7. The van der Waals surface area contributed by atoms with E-state index in [1.54, 1.807) is 11.9 Å². The molecule has 0 bridgehead atoms. The largest absolute Gasteiger partial charge is 0.494 e. The Labute approximate surface area is 149 Å². The maximum Gasteiger partial charge on any atom is 0.409 e. The van der Waals surface area contributed by atoms with E-state index in [2.05, 4.69) is 15.2 Å². The van der Waals surface area contributed by atoms with Crippen LogP contribution in [0.25, 0.3) is 0 Å². The molecule has 0 aliphatic carbocycles. The monoisotopic (exact) mass is 348 g/mol. The molecule has 1 aliphatic rings. The van der Waals surface area contributed by atoms with Gasteiger partial charge in [0.25, 0.3) is 0 Å². The van der Waals surface area contributed by atoms with Crippen molar-refractivity contribution in [2.75, 3.05) is 53.0 Å². The minimum Gasteiger partial charge on any atom is -0.494 e. The van der Waals surface area contributed by atoms with Crippen molar-refractivity contribution < 1.29 is 14.3 Å². The molecule has 0 radical (unpaired) electrons. The van der Waals surface area contributed by atoms with Crippen LogP contribution in [0.3, 0.4) is 0 Å². The fourth-order valence-electron chi connectivity index (χ4n) is 2.63. The predicted molar refractivity (Wildman–Crippen MR) is 98.1 cm³/mol. The van der Waals surface area contributed by atoms with Gasteiger partial charge in [-0.15, -0.1) is 0 Å². The summed E-state index contributed by atoms with van der Waals surface area (Å²) in [6.07, 6.45) is 0.652. The lowest BCUT2D eigenvalue weighted by atomic mass is 10.3. The molecule has 7 nitrogen and oxygen atoms in total. The molecule has 0 atom stereocenters. The van der Waals surface area contributed by atoms with Gasteiger partial charge in [-0.05, 0) is 25.5 Å². The average Bonchev–Trinajstić information content (AvgIpc) is 2.66. The van der Waals surface area contributed by atoms with Crippen molar-refractivity contribution in [3.05, 3.63) is 30.3 Å². The minimum absolute atomic E-state index is 0.233. The summed E-state index contributed by atoms with van der Waals surface area (Å²) in [5.74, 6) is 1.75. The number of nitrogens with one attached hydrogen (secondary N) is 1. The number of benzene rings is 1. The molecule has 1 N–H and O–H groups in total. The third-order valence-corrected chi connectivity index (χ3v) is 3.93. The Morgan fingerprint density at radius 1 is 1.16 bits per heavy atom.